The highest BCUT2D eigenvalue weighted by molar-refractivity contribution is 6.19. The van der Waals surface area contributed by atoms with E-state index in [0.29, 0.717) is 6.54 Å². The molecule has 1 aromatic carbocycles. The zero-order valence-corrected chi connectivity index (χ0v) is 14.0. The molecule has 0 N–H and O–H groups in total. The Kier molecular flexibility index (Phi) is 3.79. The van der Waals surface area contributed by atoms with Crippen LogP contribution in [0, 0.1) is 6.92 Å². The molecule has 124 valence electrons. The van der Waals surface area contributed by atoms with E-state index in [1.165, 1.54) is 13.8 Å². The van der Waals surface area contributed by atoms with Gasteiger partial charge in [-0.25, -0.2) is 9.59 Å². The topological polar surface area (TPSA) is 57.5 Å². The molecule has 0 unspecified atom stereocenters. The zero-order chi connectivity index (χ0) is 17.5. The standard InChI is InChI=1S/C19H19NO4/c1-5-10-20-15-9-7-6-8-13(15)12(2)16(20)11-14-17(21)23-19(3,4)24-18(14)22/h5-9,11H,1,10H2,2-4H3. The van der Waals surface area contributed by atoms with Crippen molar-refractivity contribution >= 4 is 28.9 Å². The van der Waals surface area contributed by atoms with Crippen molar-refractivity contribution in [3.8, 4) is 0 Å². The highest BCUT2D eigenvalue weighted by Gasteiger charge is 2.39. The molecule has 0 amide bonds. The Morgan fingerprint density at radius 1 is 1.17 bits per heavy atom. The van der Waals surface area contributed by atoms with E-state index in [0.717, 1.165) is 22.2 Å². The van der Waals surface area contributed by atoms with Crippen LogP contribution in [0.5, 0.6) is 0 Å². The minimum Gasteiger partial charge on any atom is -0.419 e. The van der Waals surface area contributed by atoms with Gasteiger partial charge in [0.25, 0.3) is 5.79 Å². The summed E-state index contributed by atoms with van der Waals surface area (Å²) in [7, 11) is 0. The lowest BCUT2D eigenvalue weighted by atomic mass is 10.1. The average Bonchev–Trinajstić information content (AvgIpc) is 2.76. The summed E-state index contributed by atoms with van der Waals surface area (Å²) in [6.07, 6.45) is 3.31. The van der Waals surface area contributed by atoms with Gasteiger partial charge in [0.15, 0.2) is 0 Å². The molecule has 24 heavy (non-hydrogen) atoms. The van der Waals surface area contributed by atoms with Crippen molar-refractivity contribution in [2.24, 2.45) is 0 Å². The van der Waals surface area contributed by atoms with Gasteiger partial charge in [0.1, 0.15) is 5.57 Å². The van der Waals surface area contributed by atoms with Gasteiger partial charge in [-0.05, 0) is 24.6 Å². The van der Waals surface area contributed by atoms with Crippen LogP contribution < -0.4 is 0 Å². The number of esters is 2. The van der Waals surface area contributed by atoms with Gasteiger partial charge in [0.2, 0.25) is 0 Å². The van der Waals surface area contributed by atoms with E-state index in [4.69, 9.17) is 9.47 Å². The van der Waals surface area contributed by atoms with Crippen molar-refractivity contribution in [1.29, 1.82) is 0 Å². The molecule has 1 saturated heterocycles. The lowest BCUT2D eigenvalue weighted by Gasteiger charge is -2.29. The normalized spacial score (nSPS) is 16.7. The fraction of sp³-hybridized carbons (Fsp3) is 0.263. The molecule has 0 radical (unpaired) electrons. The van der Waals surface area contributed by atoms with Crippen LogP contribution in [-0.2, 0) is 25.6 Å². The average molecular weight is 325 g/mol. The van der Waals surface area contributed by atoms with Crippen LogP contribution >= 0.6 is 0 Å². The van der Waals surface area contributed by atoms with Gasteiger partial charge in [-0.1, -0.05) is 24.3 Å². The Balaban J connectivity index is 2.18. The summed E-state index contributed by atoms with van der Waals surface area (Å²) in [5.41, 5.74) is 2.65. The van der Waals surface area contributed by atoms with Gasteiger partial charge in [0, 0.05) is 37.0 Å². The molecule has 1 aromatic heterocycles. The van der Waals surface area contributed by atoms with Crippen LogP contribution in [0.3, 0.4) is 0 Å². The van der Waals surface area contributed by atoms with Crippen LogP contribution in [0.15, 0.2) is 42.5 Å². The molecule has 0 spiro atoms. The molecule has 1 fully saturated rings. The summed E-state index contributed by atoms with van der Waals surface area (Å²) in [6.45, 7) is 9.35. The van der Waals surface area contributed by atoms with Gasteiger partial charge in [0.05, 0.1) is 0 Å². The number of aromatic nitrogens is 1. The second-order valence-electron chi connectivity index (χ2n) is 6.16. The summed E-state index contributed by atoms with van der Waals surface area (Å²) in [5, 5.41) is 1.06. The van der Waals surface area contributed by atoms with Crippen LogP contribution in [-0.4, -0.2) is 22.3 Å². The lowest BCUT2D eigenvalue weighted by molar-refractivity contribution is -0.222. The Hall–Kier alpha value is -2.82. The number of hydrogen-bond donors (Lipinski definition) is 0. The van der Waals surface area contributed by atoms with E-state index in [-0.39, 0.29) is 5.57 Å². The minimum atomic E-state index is -1.24. The molecule has 2 aromatic rings. The molecule has 2 heterocycles. The zero-order valence-electron chi connectivity index (χ0n) is 14.0. The third-order valence-electron chi connectivity index (χ3n) is 3.98. The number of fused-ring (bicyclic) bond motifs is 1. The van der Waals surface area contributed by atoms with Gasteiger partial charge in [-0.15, -0.1) is 6.58 Å². The molecule has 5 heteroatoms. The molecular formula is C19H19NO4. The number of nitrogens with zero attached hydrogens (tertiary/aromatic N) is 1. The van der Waals surface area contributed by atoms with Crippen LogP contribution in [0.4, 0.5) is 0 Å². The SMILES string of the molecule is C=CCn1c(C=C2C(=O)OC(C)(C)OC2=O)c(C)c2ccccc21. The predicted molar refractivity (Wildman–Crippen MR) is 91.1 cm³/mol. The summed E-state index contributed by atoms with van der Waals surface area (Å²) in [4.78, 5) is 24.4. The first kappa shape index (κ1) is 16.1. The van der Waals surface area contributed by atoms with Crippen LogP contribution in [0.1, 0.15) is 25.1 Å². The Labute approximate surface area is 140 Å². The van der Waals surface area contributed by atoms with Crippen molar-refractivity contribution in [2.45, 2.75) is 33.1 Å². The molecule has 1 aliphatic heterocycles. The van der Waals surface area contributed by atoms with Crippen LogP contribution in [0.25, 0.3) is 17.0 Å². The number of allylic oxidation sites excluding steroid dienone is 1. The van der Waals surface area contributed by atoms with Crippen molar-refractivity contribution in [1.82, 2.24) is 4.57 Å². The van der Waals surface area contributed by atoms with Gasteiger partial charge in [-0.3, -0.25) is 0 Å². The number of carbonyl (C=O) groups is 2. The van der Waals surface area contributed by atoms with Crippen molar-refractivity contribution in [3.05, 3.63) is 53.8 Å². The number of benzene rings is 1. The molecule has 1 aliphatic rings. The molecule has 0 saturated carbocycles. The monoisotopic (exact) mass is 325 g/mol. The molecule has 3 rings (SSSR count). The third kappa shape index (κ3) is 2.62. The van der Waals surface area contributed by atoms with E-state index in [1.54, 1.807) is 12.2 Å². The van der Waals surface area contributed by atoms with Gasteiger partial charge < -0.3 is 14.0 Å². The first-order valence-electron chi connectivity index (χ1n) is 7.71. The third-order valence-corrected chi connectivity index (χ3v) is 3.98. The number of para-hydroxylation sites is 1. The Bertz CT molecular complexity index is 864. The van der Waals surface area contributed by atoms with Crippen molar-refractivity contribution in [3.63, 3.8) is 0 Å². The Morgan fingerprint density at radius 3 is 2.42 bits per heavy atom. The number of rotatable bonds is 3. The van der Waals surface area contributed by atoms with E-state index >= 15 is 0 Å². The molecule has 0 atom stereocenters. The van der Waals surface area contributed by atoms with E-state index < -0.39 is 17.7 Å². The number of ether oxygens (including phenoxy) is 2. The van der Waals surface area contributed by atoms with Gasteiger partial charge >= 0.3 is 11.9 Å². The quantitative estimate of drug-likeness (QED) is 0.376. The van der Waals surface area contributed by atoms with Crippen molar-refractivity contribution < 1.29 is 19.1 Å². The largest absolute Gasteiger partial charge is 0.419 e. The number of cyclic esters (lactones) is 2. The van der Waals surface area contributed by atoms with E-state index in [1.807, 2.05) is 35.8 Å². The number of carbonyl (C=O) groups excluding carboxylic acids is 2. The first-order valence-corrected chi connectivity index (χ1v) is 7.71. The minimum absolute atomic E-state index is 0.106. The lowest BCUT2D eigenvalue weighted by Crippen LogP contribution is -2.41. The smallest absolute Gasteiger partial charge is 0.348 e. The second-order valence-corrected chi connectivity index (χ2v) is 6.16. The number of hydrogen-bond acceptors (Lipinski definition) is 4. The maximum atomic E-state index is 12.2. The second kappa shape index (κ2) is 5.67. The summed E-state index contributed by atoms with van der Waals surface area (Å²) >= 11 is 0. The first-order chi connectivity index (χ1) is 11.3. The highest BCUT2D eigenvalue weighted by atomic mass is 16.7. The van der Waals surface area contributed by atoms with Crippen LogP contribution in [0.2, 0.25) is 0 Å². The fourth-order valence-corrected chi connectivity index (χ4v) is 2.92. The molecule has 5 nitrogen and oxygen atoms in total. The van der Waals surface area contributed by atoms with Crippen molar-refractivity contribution in [2.75, 3.05) is 0 Å². The maximum Gasteiger partial charge on any atom is 0.348 e. The molecule has 0 aliphatic carbocycles. The summed E-state index contributed by atoms with van der Waals surface area (Å²) in [5.74, 6) is -2.59. The number of aryl methyl sites for hydroxylation is 1. The van der Waals surface area contributed by atoms with Gasteiger partial charge in [-0.2, -0.15) is 0 Å². The van der Waals surface area contributed by atoms with E-state index in [2.05, 4.69) is 6.58 Å². The fourth-order valence-electron chi connectivity index (χ4n) is 2.92. The van der Waals surface area contributed by atoms with E-state index in [9.17, 15) is 9.59 Å². The molecule has 0 bridgehead atoms. The predicted octanol–water partition coefficient (Wildman–Crippen LogP) is 3.36. The summed E-state index contributed by atoms with van der Waals surface area (Å²) < 4.78 is 12.3. The maximum absolute atomic E-state index is 12.2. The highest BCUT2D eigenvalue weighted by Crippen LogP contribution is 2.30. The summed E-state index contributed by atoms with van der Waals surface area (Å²) in [6, 6.07) is 7.90. The molecular weight excluding hydrogens is 306 g/mol. The Morgan fingerprint density at radius 2 is 1.79 bits per heavy atom.